The van der Waals surface area contributed by atoms with Gasteiger partial charge in [0.15, 0.2) is 0 Å². The molecular formula is C61H35NOS. The Morgan fingerprint density at radius 3 is 1.84 bits per heavy atom. The third-order valence-corrected chi connectivity index (χ3v) is 15.6. The molecule has 0 amide bonds. The number of aromatic nitrogens is 1. The summed E-state index contributed by atoms with van der Waals surface area (Å²) in [5.41, 5.74) is 19.9. The van der Waals surface area contributed by atoms with Crippen LogP contribution in [0.1, 0.15) is 22.3 Å². The lowest BCUT2D eigenvalue weighted by molar-refractivity contribution is 0.669. The van der Waals surface area contributed by atoms with Crippen LogP contribution in [0.15, 0.2) is 217 Å². The summed E-state index contributed by atoms with van der Waals surface area (Å²) in [7, 11) is 0. The summed E-state index contributed by atoms with van der Waals surface area (Å²) in [6.45, 7) is 0. The van der Waals surface area contributed by atoms with Crippen molar-refractivity contribution in [2.75, 3.05) is 0 Å². The van der Waals surface area contributed by atoms with Crippen LogP contribution in [0, 0.1) is 0 Å². The molecule has 1 spiro atoms. The molecule has 0 fully saturated rings. The fourth-order valence-corrected chi connectivity index (χ4v) is 13.2. The molecule has 0 unspecified atom stereocenters. The first-order valence-electron chi connectivity index (χ1n) is 22.1. The van der Waals surface area contributed by atoms with Crippen molar-refractivity contribution in [3.63, 3.8) is 0 Å². The highest BCUT2D eigenvalue weighted by Gasteiger charge is 2.53. The molecule has 15 rings (SSSR count). The number of rotatable bonds is 3. The van der Waals surface area contributed by atoms with Gasteiger partial charge in [0.2, 0.25) is 0 Å². The molecular weight excluding hydrogens is 795 g/mol. The van der Waals surface area contributed by atoms with Gasteiger partial charge in [-0.05, 0) is 110 Å². The second-order valence-electron chi connectivity index (χ2n) is 17.4. The van der Waals surface area contributed by atoms with Crippen LogP contribution in [0.5, 0.6) is 0 Å². The number of furan rings is 1. The third-order valence-electron chi connectivity index (χ3n) is 14.4. The number of thiophene rings is 1. The fourth-order valence-electron chi connectivity index (χ4n) is 11.9. The van der Waals surface area contributed by atoms with E-state index in [-0.39, 0.29) is 0 Å². The molecule has 0 N–H and O–H groups in total. The molecule has 296 valence electrons. The van der Waals surface area contributed by atoms with Crippen molar-refractivity contribution in [1.29, 1.82) is 0 Å². The summed E-state index contributed by atoms with van der Waals surface area (Å²) in [6.07, 6.45) is 0. The van der Waals surface area contributed by atoms with E-state index in [4.69, 9.17) is 4.42 Å². The van der Waals surface area contributed by atoms with Gasteiger partial charge in [0, 0.05) is 53.0 Å². The van der Waals surface area contributed by atoms with Gasteiger partial charge < -0.3 is 8.98 Å². The second kappa shape index (κ2) is 12.6. The molecule has 10 aromatic carbocycles. The van der Waals surface area contributed by atoms with Gasteiger partial charge in [-0.1, -0.05) is 164 Å². The maximum atomic E-state index is 7.19. The molecule has 2 nitrogen and oxygen atoms in total. The summed E-state index contributed by atoms with van der Waals surface area (Å²) in [5, 5.41) is 7.44. The Kier molecular flexibility index (Phi) is 6.79. The van der Waals surface area contributed by atoms with Crippen LogP contribution in [0.2, 0.25) is 0 Å². The minimum absolute atomic E-state index is 0.580. The molecule has 2 aliphatic rings. The molecule has 3 heteroatoms. The van der Waals surface area contributed by atoms with E-state index < -0.39 is 5.41 Å². The number of fused-ring (bicyclic) bond motifs is 21. The van der Waals surface area contributed by atoms with Crippen molar-refractivity contribution in [3.8, 4) is 50.2 Å². The summed E-state index contributed by atoms with van der Waals surface area (Å²) in [6, 6.07) is 78.8. The predicted octanol–water partition coefficient (Wildman–Crippen LogP) is 16.7. The lowest BCUT2D eigenvalue weighted by Gasteiger charge is -2.31. The Hall–Kier alpha value is -7.98. The highest BCUT2D eigenvalue weighted by molar-refractivity contribution is 7.26. The predicted molar refractivity (Wildman–Crippen MR) is 268 cm³/mol. The van der Waals surface area contributed by atoms with Crippen LogP contribution in [0.3, 0.4) is 0 Å². The van der Waals surface area contributed by atoms with Gasteiger partial charge in [0.1, 0.15) is 11.2 Å². The lowest BCUT2D eigenvalue weighted by Crippen LogP contribution is -2.26. The molecule has 2 aliphatic carbocycles. The highest BCUT2D eigenvalue weighted by Crippen LogP contribution is 2.66. The lowest BCUT2D eigenvalue weighted by atomic mass is 9.70. The largest absolute Gasteiger partial charge is 0.455 e. The van der Waals surface area contributed by atoms with Gasteiger partial charge in [0.25, 0.3) is 0 Å². The first-order valence-corrected chi connectivity index (χ1v) is 22.9. The number of hydrogen-bond acceptors (Lipinski definition) is 2. The van der Waals surface area contributed by atoms with Crippen LogP contribution >= 0.6 is 11.3 Å². The summed E-state index contributed by atoms with van der Waals surface area (Å²) < 4.78 is 12.3. The summed E-state index contributed by atoms with van der Waals surface area (Å²) in [5.74, 6) is 0. The zero-order valence-corrected chi connectivity index (χ0v) is 35.3. The Morgan fingerprint density at radius 2 is 1.02 bits per heavy atom. The van der Waals surface area contributed by atoms with Crippen molar-refractivity contribution in [3.05, 3.63) is 235 Å². The van der Waals surface area contributed by atoms with Crippen molar-refractivity contribution in [1.82, 2.24) is 4.57 Å². The Bertz CT molecular complexity index is 4100. The number of hydrogen-bond donors (Lipinski definition) is 0. The molecule has 0 radical (unpaired) electrons. The van der Waals surface area contributed by atoms with E-state index in [1.165, 1.54) is 103 Å². The first-order chi connectivity index (χ1) is 31.8. The molecule has 0 saturated carbocycles. The van der Waals surface area contributed by atoms with Gasteiger partial charge in [-0.15, -0.1) is 11.3 Å². The van der Waals surface area contributed by atoms with Gasteiger partial charge in [-0.25, -0.2) is 0 Å². The van der Waals surface area contributed by atoms with Gasteiger partial charge in [0.05, 0.1) is 16.4 Å². The third kappa shape index (κ3) is 4.30. The molecule has 3 aromatic heterocycles. The van der Waals surface area contributed by atoms with E-state index in [1.807, 2.05) is 11.3 Å². The molecule has 13 aromatic rings. The topological polar surface area (TPSA) is 18.1 Å². The van der Waals surface area contributed by atoms with Crippen LogP contribution in [-0.2, 0) is 5.41 Å². The van der Waals surface area contributed by atoms with Crippen molar-refractivity contribution in [2.24, 2.45) is 0 Å². The maximum absolute atomic E-state index is 7.19. The van der Waals surface area contributed by atoms with E-state index in [1.54, 1.807) is 0 Å². The molecule has 0 aliphatic heterocycles. The van der Waals surface area contributed by atoms with Crippen LogP contribution in [-0.4, -0.2) is 4.57 Å². The second-order valence-corrected chi connectivity index (χ2v) is 18.5. The standard InChI is InChI=1S/C61H35NOS/c1-2-18-38(19-3-1)62-51-29-11-6-23-44(51)55-52(62)33-32-49-57(55)58-50(61(49)47-27-9-4-20-40(47)41-21-5-10-28-48(41)61)35-46(59-56(58)45-24-7-12-30-53(45)63-59)37-17-14-16-36(34-37)39-25-15-26-43-42-22-8-13-31-54(42)64-60(39)43/h1-35H. The SMILES string of the molecule is c1ccc(-n2c3ccccc3c3c4c(ccc32)C2(c3ccccc3-c3ccccc32)c2cc(-c3cccc(-c5cccc6c5sc5ccccc56)c3)c3oc5ccccc5c3c2-4)cc1. The quantitative estimate of drug-likeness (QED) is 0.173. The van der Waals surface area contributed by atoms with Gasteiger partial charge in [-0.2, -0.15) is 0 Å². The van der Waals surface area contributed by atoms with Crippen LogP contribution in [0.4, 0.5) is 0 Å². The Morgan fingerprint density at radius 1 is 0.391 bits per heavy atom. The van der Waals surface area contributed by atoms with E-state index in [0.29, 0.717) is 0 Å². The van der Waals surface area contributed by atoms with Crippen LogP contribution in [0.25, 0.3) is 114 Å². The highest BCUT2D eigenvalue weighted by atomic mass is 32.1. The summed E-state index contributed by atoms with van der Waals surface area (Å²) in [4.78, 5) is 0. The average Bonchev–Trinajstić information content (AvgIpc) is 4.16. The average molecular weight is 830 g/mol. The minimum atomic E-state index is -0.580. The smallest absolute Gasteiger partial charge is 0.143 e. The van der Waals surface area contributed by atoms with Crippen molar-refractivity contribution >= 4 is 75.3 Å². The molecule has 0 bridgehead atoms. The zero-order valence-electron chi connectivity index (χ0n) is 34.5. The van der Waals surface area contributed by atoms with E-state index in [2.05, 4.69) is 217 Å². The van der Waals surface area contributed by atoms with Crippen molar-refractivity contribution in [2.45, 2.75) is 5.41 Å². The number of nitrogens with zero attached hydrogens (tertiary/aromatic N) is 1. The van der Waals surface area contributed by atoms with Crippen molar-refractivity contribution < 1.29 is 4.42 Å². The molecule has 64 heavy (non-hydrogen) atoms. The Balaban J connectivity index is 1.11. The minimum Gasteiger partial charge on any atom is -0.455 e. The fraction of sp³-hybridized carbons (Fsp3) is 0.0164. The van der Waals surface area contributed by atoms with Gasteiger partial charge in [-0.3, -0.25) is 0 Å². The zero-order chi connectivity index (χ0) is 41.7. The molecule has 0 saturated heterocycles. The summed E-state index contributed by atoms with van der Waals surface area (Å²) >= 11 is 1.88. The Labute approximate surface area is 372 Å². The van der Waals surface area contributed by atoms with Crippen LogP contribution < -0.4 is 0 Å². The van der Waals surface area contributed by atoms with Gasteiger partial charge >= 0.3 is 0 Å². The normalized spacial score (nSPS) is 13.4. The first kappa shape index (κ1) is 34.6. The maximum Gasteiger partial charge on any atom is 0.143 e. The number of para-hydroxylation sites is 3. The van der Waals surface area contributed by atoms with E-state index in [0.717, 1.165) is 33.4 Å². The number of benzene rings is 10. The molecule has 0 atom stereocenters. The van der Waals surface area contributed by atoms with E-state index in [9.17, 15) is 0 Å². The molecule has 3 heterocycles. The monoisotopic (exact) mass is 829 g/mol. The van der Waals surface area contributed by atoms with E-state index >= 15 is 0 Å².